The molecule has 0 aliphatic carbocycles. The Labute approximate surface area is 144 Å². The molecule has 2 nitrogen and oxygen atoms in total. The van der Waals surface area contributed by atoms with E-state index in [-0.39, 0.29) is 0 Å². The Balaban J connectivity index is 3.61. The van der Waals surface area contributed by atoms with Crippen molar-refractivity contribution in [3.63, 3.8) is 0 Å². The number of rotatable bonds is 17. The van der Waals surface area contributed by atoms with E-state index in [2.05, 4.69) is 32.4 Å². The Bertz CT molecular complexity index is 284. The lowest BCUT2D eigenvalue weighted by atomic mass is 9.92. The second-order valence-corrected chi connectivity index (χ2v) is 6.77. The van der Waals surface area contributed by atoms with Crippen LogP contribution in [0.4, 0.5) is 0 Å². The lowest BCUT2D eigenvalue weighted by molar-refractivity contribution is -0.137. The molecule has 134 valence electrons. The SMILES string of the molecule is C[CH+]CC(C/C=C/CCCCCC)CCCCCCCC(=O)O. The molecule has 1 unspecified atom stereocenters. The summed E-state index contributed by atoms with van der Waals surface area (Å²) in [5, 5.41) is 8.60. The Hall–Kier alpha value is -0.920. The zero-order valence-electron chi connectivity index (χ0n) is 15.6. The van der Waals surface area contributed by atoms with Crippen LogP contribution in [0, 0.1) is 12.3 Å². The topological polar surface area (TPSA) is 37.3 Å². The van der Waals surface area contributed by atoms with Gasteiger partial charge in [-0.2, -0.15) is 0 Å². The van der Waals surface area contributed by atoms with Crippen LogP contribution < -0.4 is 0 Å². The highest BCUT2D eigenvalue weighted by Crippen LogP contribution is 2.20. The molecule has 0 amide bonds. The summed E-state index contributed by atoms with van der Waals surface area (Å²) in [5.41, 5.74) is 0. The van der Waals surface area contributed by atoms with Crippen LogP contribution in [0.15, 0.2) is 12.2 Å². The fourth-order valence-electron chi connectivity index (χ4n) is 3.00. The Morgan fingerprint density at radius 2 is 1.70 bits per heavy atom. The molecule has 1 atom stereocenters. The van der Waals surface area contributed by atoms with E-state index in [1.165, 1.54) is 70.6 Å². The van der Waals surface area contributed by atoms with Crippen LogP contribution >= 0.6 is 0 Å². The first-order chi connectivity index (χ1) is 11.2. The quantitative estimate of drug-likeness (QED) is 0.179. The van der Waals surface area contributed by atoms with Gasteiger partial charge in [0.2, 0.25) is 0 Å². The highest BCUT2D eigenvalue weighted by atomic mass is 16.4. The van der Waals surface area contributed by atoms with Gasteiger partial charge >= 0.3 is 5.97 Å². The number of carbonyl (C=O) groups is 1. The minimum atomic E-state index is -0.662. The third kappa shape index (κ3) is 17.3. The third-order valence-corrected chi connectivity index (χ3v) is 4.43. The molecule has 0 radical (unpaired) electrons. The van der Waals surface area contributed by atoms with Gasteiger partial charge in [-0.3, -0.25) is 4.79 Å². The van der Waals surface area contributed by atoms with Gasteiger partial charge in [0, 0.05) is 12.3 Å². The van der Waals surface area contributed by atoms with Gasteiger partial charge in [0.1, 0.15) is 0 Å². The van der Waals surface area contributed by atoms with Crippen LogP contribution in [0.25, 0.3) is 0 Å². The van der Waals surface area contributed by atoms with Crippen molar-refractivity contribution in [3.8, 4) is 0 Å². The second kappa shape index (κ2) is 17.4. The fourth-order valence-corrected chi connectivity index (χ4v) is 3.00. The summed E-state index contributed by atoms with van der Waals surface area (Å²) in [6.07, 6.45) is 23.4. The summed E-state index contributed by atoms with van der Waals surface area (Å²) in [7, 11) is 0. The predicted molar refractivity (Wildman–Crippen MR) is 101 cm³/mol. The molecule has 0 saturated heterocycles. The summed E-state index contributed by atoms with van der Waals surface area (Å²) in [6, 6.07) is 0. The van der Waals surface area contributed by atoms with Gasteiger partial charge in [0.25, 0.3) is 0 Å². The molecule has 0 aromatic carbocycles. The lowest BCUT2D eigenvalue weighted by Gasteiger charge is -2.10. The minimum absolute atomic E-state index is 0.330. The minimum Gasteiger partial charge on any atom is -0.481 e. The molecule has 0 aromatic rings. The van der Waals surface area contributed by atoms with Crippen LogP contribution in [0.1, 0.15) is 104 Å². The van der Waals surface area contributed by atoms with E-state index in [0.29, 0.717) is 6.42 Å². The first kappa shape index (κ1) is 22.1. The molecule has 0 aromatic heterocycles. The molecule has 0 bridgehead atoms. The maximum absolute atomic E-state index is 10.4. The second-order valence-electron chi connectivity index (χ2n) is 6.77. The largest absolute Gasteiger partial charge is 0.481 e. The first-order valence-corrected chi connectivity index (χ1v) is 9.85. The van der Waals surface area contributed by atoms with Gasteiger partial charge in [-0.15, -0.1) is 0 Å². The average Bonchev–Trinajstić information content (AvgIpc) is 2.52. The van der Waals surface area contributed by atoms with Gasteiger partial charge in [0.15, 0.2) is 0 Å². The summed E-state index contributed by atoms with van der Waals surface area (Å²) >= 11 is 0. The molecule has 2 heteroatoms. The van der Waals surface area contributed by atoms with Gasteiger partial charge < -0.3 is 5.11 Å². The normalized spacial score (nSPS) is 12.6. The molecule has 0 aliphatic heterocycles. The molecule has 0 heterocycles. The number of carboxylic acids is 1. The molecular formula is C21H39O2+. The van der Waals surface area contributed by atoms with E-state index in [1.807, 2.05) is 0 Å². The van der Waals surface area contributed by atoms with E-state index < -0.39 is 5.97 Å². The molecule has 0 fully saturated rings. The van der Waals surface area contributed by atoms with Crippen LogP contribution in [-0.2, 0) is 4.79 Å². The number of aliphatic carboxylic acids is 1. The Kier molecular flexibility index (Phi) is 16.7. The zero-order valence-corrected chi connectivity index (χ0v) is 15.6. The van der Waals surface area contributed by atoms with Crippen molar-refractivity contribution < 1.29 is 9.90 Å². The number of carboxylic acid groups (broad SMARTS) is 1. The molecule has 0 rings (SSSR count). The van der Waals surface area contributed by atoms with Crippen molar-refractivity contribution in [1.29, 1.82) is 0 Å². The van der Waals surface area contributed by atoms with E-state index in [0.717, 1.165) is 18.8 Å². The van der Waals surface area contributed by atoms with Gasteiger partial charge in [0.05, 0.1) is 19.8 Å². The number of hydrogen-bond donors (Lipinski definition) is 1. The summed E-state index contributed by atoms with van der Waals surface area (Å²) in [6.45, 7) is 4.42. The Morgan fingerprint density at radius 1 is 1.00 bits per heavy atom. The van der Waals surface area contributed by atoms with Crippen molar-refractivity contribution in [1.82, 2.24) is 0 Å². The Morgan fingerprint density at radius 3 is 2.39 bits per heavy atom. The van der Waals surface area contributed by atoms with Crippen molar-refractivity contribution in [2.24, 2.45) is 5.92 Å². The molecular weight excluding hydrogens is 284 g/mol. The van der Waals surface area contributed by atoms with Crippen LogP contribution in [0.2, 0.25) is 0 Å². The molecule has 0 spiro atoms. The number of hydrogen-bond acceptors (Lipinski definition) is 1. The van der Waals surface area contributed by atoms with Gasteiger partial charge in [-0.05, 0) is 32.1 Å². The highest BCUT2D eigenvalue weighted by Gasteiger charge is 2.09. The van der Waals surface area contributed by atoms with E-state index >= 15 is 0 Å². The fraction of sp³-hybridized carbons (Fsp3) is 0.810. The highest BCUT2D eigenvalue weighted by molar-refractivity contribution is 5.66. The van der Waals surface area contributed by atoms with Crippen molar-refractivity contribution in [2.75, 3.05) is 0 Å². The van der Waals surface area contributed by atoms with E-state index in [1.54, 1.807) is 0 Å². The van der Waals surface area contributed by atoms with E-state index in [9.17, 15) is 4.79 Å². The smallest absolute Gasteiger partial charge is 0.303 e. The number of unbranched alkanes of at least 4 members (excludes halogenated alkanes) is 8. The van der Waals surface area contributed by atoms with Crippen molar-refractivity contribution in [2.45, 2.75) is 104 Å². The zero-order chi connectivity index (χ0) is 17.2. The third-order valence-electron chi connectivity index (χ3n) is 4.43. The van der Waals surface area contributed by atoms with Gasteiger partial charge in [-0.25, -0.2) is 0 Å². The van der Waals surface area contributed by atoms with Crippen LogP contribution in [0.5, 0.6) is 0 Å². The predicted octanol–water partition coefficient (Wildman–Crippen LogP) is 6.95. The van der Waals surface area contributed by atoms with Crippen LogP contribution in [-0.4, -0.2) is 11.1 Å². The number of allylic oxidation sites excluding steroid dienone is 2. The molecule has 1 N–H and O–H groups in total. The monoisotopic (exact) mass is 323 g/mol. The van der Waals surface area contributed by atoms with E-state index in [4.69, 9.17) is 5.11 Å². The maximum atomic E-state index is 10.4. The van der Waals surface area contributed by atoms with Crippen LogP contribution in [0.3, 0.4) is 0 Å². The summed E-state index contributed by atoms with van der Waals surface area (Å²) in [5.74, 6) is 0.135. The van der Waals surface area contributed by atoms with Gasteiger partial charge in [-0.1, -0.05) is 64.0 Å². The average molecular weight is 324 g/mol. The molecule has 23 heavy (non-hydrogen) atoms. The lowest BCUT2D eigenvalue weighted by Crippen LogP contribution is -1.99. The standard InChI is InChI=1S/C21H38O2/c1-3-5-6-7-8-10-13-17-20(16-4-2)18-14-11-9-12-15-19-21(22)23/h4,10,13,20H,3,5-9,11-12,14-19H2,1-2H3/p+1/b13-10+. The van der Waals surface area contributed by atoms with Crippen molar-refractivity contribution >= 4 is 5.97 Å². The van der Waals surface area contributed by atoms with Crippen molar-refractivity contribution in [3.05, 3.63) is 18.6 Å². The summed E-state index contributed by atoms with van der Waals surface area (Å²) < 4.78 is 0. The molecule has 0 saturated carbocycles. The first-order valence-electron chi connectivity index (χ1n) is 9.85. The maximum Gasteiger partial charge on any atom is 0.303 e. The summed E-state index contributed by atoms with van der Waals surface area (Å²) in [4.78, 5) is 10.4. The molecule has 0 aliphatic rings.